The van der Waals surface area contributed by atoms with E-state index >= 15 is 0 Å². The van der Waals surface area contributed by atoms with Crippen LogP contribution in [0.1, 0.15) is 43.0 Å². The van der Waals surface area contributed by atoms with Gasteiger partial charge in [0.15, 0.2) is 0 Å². The Hall–Kier alpha value is -1.73. The van der Waals surface area contributed by atoms with E-state index in [0.29, 0.717) is 24.6 Å². The molecule has 2 N–H and O–H groups in total. The molecule has 0 aromatic carbocycles. The maximum Gasteiger partial charge on any atom is 0.259 e. The van der Waals surface area contributed by atoms with Crippen molar-refractivity contribution in [3.05, 3.63) is 26.6 Å². The smallest absolute Gasteiger partial charge is 0.259 e. The Morgan fingerprint density at radius 3 is 3.04 bits per heavy atom. The van der Waals surface area contributed by atoms with E-state index in [1.165, 1.54) is 10.4 Å². The van der Waals surface area contributed by atoms with Gasteiger partial charge in [-0.05, 0) is 37.7 Å². The summed E-state index contributed by atoms with van der Waals surface area (Å²) in [6, 6.07) is 0.219. The minimum Gasteiger partial charge on any atom is -0.337 e. The van der Waals surface area contributed by atoms with Crippen LogP contribution in [0.4, 0.5) is 0 Å². The number of aromatic amines is 1. The third kappa shape index (κ3) is 3.30. The Morgan fingerprint density at radius 1 is 1.38 bits per heavy atom. The molecule has 2 aliphatic rings. The number of H-pyrrole nitrogens is 1. The van der Waals surface area contributed by atoms with Crippen LogP contribution >= 0.6 is 11.3 Å². The summed E-state index contributed by atoms with van der Waals surface area (Å²) in [5.74, 6) is 1.44. The molecule has 1 saturated heterocycles. The molecule has 4 rings (SSSR count). The molecule has 0 bridgehead atoms. The molecule has 1 amide bonds. The van der Waals surface area contributed by atoms with Gasteiger partial charge in [-0.3, -0.25) is 9.59 Å². The van der Waals surface area contributed by atoms with Crippen molar-refractivity contribution in [2.75, 3.05) is 19.6 Å². The summed E-state index contributed by atoms with van der Waals surface area (Å²) in [5.41, 5.74) is 1.16. The molecular formula is C19H26N4O2S. The highest BCUT2D eigenvalue weighted by Crippen LogP contribution is 2.35. The molecule has 6 nitrogen and oxygen atoms in total. The van der Waals surface area contributed by atoms with Crippen molar-refractivity contribution in [2.24, 2.45) is 5.92 Å². The van der Waals surface area contributed by atoms with Crippen LogP contribution in [0.3, 0.4) is 0 Å². The van der Waals surface area contributed by atoms with E-state index in [4.69, 9.17) is 0 Å². The number of piperazine rings is 1. The standard InChI is InChI=1S/C19H26N4O2S/c1-11-3-4-13-14(9-11)26-19-17(13)18(25)21-15(22-19)5-6-16(24)23-8-7-20-10-12(23)2/h11-12,20H,3-10H2,1-2H3,(H,21,22,25)/t11?,12-/m1/s1. The molecule has 140 valence electrons. The van der Waals surface area contributed by atoms with Crippen LogP contribution in [-0.4, -0.2) is 46.5 Å². The number of hydrogen-bond acceptors (Lipinski definition) is 5. The Kier molecular flexibility index (Phi) is 4.84. The van der Waals surface area contributed by atoms with Crippen molar-refractivity contribution in [1.82, 2.24) is 20.2 Å². The summed E-state index contributed by atoms with van der Waals surface area (Å²) < 4.78 is 0. The highest BCUT2D eigenvalue weighted by Gasteiger charge is 2.24. The Bertz CT molecular complexity index is 888. The van der Waals surface area contributed by atoms with Crippen molar-refractivity contribution >= 4 is 27.5 Å². The number of hydrogen-bond donors (Lipinski definition) is 2. The predicted octanol–water partition coefficient (Wildman–Crippen LogP) is 1.86. The van der Waals surface area contributed by atoms with Crippen LogP contribution in [0.5, 0.6) is 0 Å². The second kappa shape index (κ2) is 7.12. The van der Waals surface area contributed by atoms with Gasteiger partial charge >= 0.3 is 0 Å². The number of thiophene rings is 1. The van der Waals surface area contributed by atoms with E-state index in [1.807, 2.05) is 4.90 Å². The average Bonchev–Trinajstić information content (AvgIpc) is 2.97. The van der Waals surface area contributed by atoms with Gasteiger partial charge in [0.2, 0.25) is 5.91 Å². The van der Waals surface area contributed by atoms with Crippen molar-refractivity contribution in [3.63, 3.8) is 0 Å². The largest absolute Gasteiger partial charge is 0.337 e. The first-order valence-electron chi connectivity index (χ1n) is 9.56. The number of carbonyl (C=O) groups excluding carboxylic acids is 1. The molecule has 0 radical (unpaired) electrons. The van der Waals surface area contributed by atoms with Crippen LogP contribution < -0.4 is 10.9 Å². The summed E-state index contributed by atoms with van der Waals surface area (Å²) in [6.45, 7) is 6.76. The van der Waals surface area contributed by atoms with E-state index in [-0.39, 0.29) is 17.5 Å². The summed E-state index contributed by atoms with van der Waals surface area (Å²) >= 11 is 1.66. The number of aryl methyl sites for hydroxylation is 2. The predicted molar refractivity (Wildman–Crippen MR) is 104 cm³/mol. The van der Waals surface area contributed by atoms with Crippen molar-refractivity contribution in [3.8, 4) is 0 Å². The van der Waals surface area contributed by atoms with Crippen LogP contribution in [0, 0.1) is 5.92 Å². The minimum absolute atomic E-state index is 0.0416. The summed E-state index contributed by atoms with van der Waals surface area (Å²) in [7, 11) is 0. The Labute approximate surface area is 157 Å². The maximum atomic E-state index is 12.6. The van der Waals surface area contributed by atoms with Crippen molar-refractivity contribution < 1.29 is 4.79 Å². The normalized spacial score (nSPS) is 23.2. The monoisotopic (exact) mass is 374 g/mol. The molecule has 1 fully saturated rings. The molecular weight excluding hydrogens is 348 g/mol. The van der Waals surface area contributed by atoms with Gasteiger partial charge < -0.3 is 15.2 Å². The number of aromatic nitrogens is 2. The molecule has 0 spiro atoms. The minimum atomic E-state index is -0.0416. The summed E-state index contributed by atoms with van der Waals surface area (Å²) in [5, 5.41) is 4.08. The molecule has 1 unspecified atom stereocenters. The molecule has 3 heterocycles. The zero-order valence-electron chi connectivity index (χ0n) is 15.4. The molecule has 0 saturated carbocycles. The molecule has 2 aromatic rings. The number of rotatable bonds is 3. The first kappa shape index (κ1) is 17.7. The zero-order valence-corrected chi connectivity index (χ0v) is 16.2. The molecule has 2 aromatic heterocycles. The van der Waals surface area contributed by atoms with E-state index in [2.05, 4.69) is 29.1 Å². The Morgan fingerprint density at radius 2 is 2.23 bits per heavy atom. The van der Waals surface area contributed by atoms with Gasteiger partial charge in [-0.1, -0.05) is 6.92 Å². The van der Waals surface area contributed by atoms with E-state index in [1.54, 1.807) is 11.3 Å². The lowest BCUT2D eigenvalue weighted by Crippen LogP contribution is -2.52. The second-order valence-electron chi connectivity index (χ2n) is 7.68. The first-order chi connectivity index (χ1) is 12.5. The van der Waals surface area contributed by atoms with Gasteiger partial charge in [-0.2, -0.15) is 0 Å². The van der Waals surface area contributed by atoms with Crippen molar-refractivity contribution in [2.45, 2.75) is 52.0 Å². The van der Waals surface area contributed by atoms with Gasteiger partial charge in [0.1, 0.15) is 10.7 Å². The quantitative estimate of drug-likeness (QED) is 0.860. The van der Waals surface area contributed by atoms with Crippen LogP contribution in [0.25, 0.3) is 10.2 Å². The highest BCUT2D eigenvalue weighted by atomic mass is 32.1. The first-order valence-corrected chi connectivity index (χ1v) is 10.4. The third-order valence-electron chi connectivity index (χ3n) is 5.61. The van der Waals surface area contributed by atoms with E-state index < -0.39 is 0 Å². The topological polar surface area (TPSA) is 78.1 Å². The van der Waals surface area contributed by atoms with Crippen molar-refractivity contribution in [1.29, 1.82) is 0 Å². The fraction of sp³-hybridized carbons (Fsp3) is 0.632. The number of carbonyl (C=O) groups is 1. The Balaban J connectivity index is 1.52. The average molecular weight is 375 g/mol. The second-order valence-corrected chi connectivity index (χ2v) is 8.77. The fourth-order valence-electron chi connectivity index (χ4n) is 4.09. The molecule has 1 aliphatic carbocycles. The van der Waals surface area contributed by atoms with Gasteiger partial charge in [-0.15, -0.1) is 11.3 Å². The zero-order chi connectivity index (χ0) is 18.3. The van der Waals surface area contributed by atoms with Crippen LogP contribution in [-0.2, 0) is 24.1 Å². The SMILES string of the molecule is CC1CCc2c(sc3nc(CCC(=O)N4CCNC[C@H]4C)[nH]c(=O)c23)C1. The molecule has 26 heavy (non-hydrogen) atoms. The van der Waals surface area contributed by atoms with E-state index in [9.17, 15) is 9.59 Å². The van der Waals surface area contributed by atoms with E-state index in [0.717, 1.165) is 49.1 Å². The fourth-order valence-corrected chi connectivity index (χ4v) is 5.49. The lowest BCUT2D eigenvalue weighted by molar-refractivity contribution is -0.133. The highest BCUT2D eigenvalue weighted by molar-refractivity contribution is 7.18. The number of fused-ring (bicyclic) bond motifs is 3. The van der Waals surface area contributed by atoms with Gasteiger partial charge in [-0.25, -0.2) is 4.98 Å². The van der Waals surface area contributed by atoms with Gasteiger partial charge in [0, 0.05) is 43.4 Å². The van der Waals surface area contributed by atoms with Gasteiger partial charge in [0.05, 0.1) is 5.39 Å². The maximum absolute atomic E-state index is 12.6. The summed E-state index contributed by atoms with van der Waals surface area (Å²) in [6.07, 6.45) is 4.03. The van der Waals surface area contributed by atoms with Crippen LogP contribution in [0.15, 0.2) is 4.79 Å². The third-order valence-corrected chi connectivity index (χ3v) is 6.76. The molecule has 2 atom stereocenters. The lowest BCUT2D eigenvalue weighted by atomic mass is 9.89. The molecule has 1 aliphatic heterocycles. The lowest BCUT2D eigenvalue weighted by Gasteiger charge is -2.34. The summed E-state index contributed by atoms with van der Waals surface area (Å²) in [4.78, 5) is 36.8. The number of amides is 1. The number of nitrogens with zero attached hydrogens (tertiary/aromatic N) is 2. The molecule has 7 heteroatoms. The number of nitrogens with one attached hydrogen (secondary N) is 2. The van der Waals surface area contributed by atoms with Gasteiger partial charge in [0.25, 0.3) is 5.56 Å². The van der Waals surface area contributed by atoms with Crippen LogP contribution in [0.2, 0.25) is 0 Å².